The van der Waals surface area contributed by atoms with E-state index in [1.807, 2.05) is 67.7 Å². The van der Waals surface area contributed by atoms with E-state index in [1.54, 1.807) is 0 Å². The van der Waals surface area contributed by atoms with Crippen LogP contribution in [-0.2, 0) is 0 Å². The molecule has 1 atom stereocenters. The zero-order valence-corrected chi connectivity index (χ0v) is 16.7. The highest BCUT2D eigenvalue weighted by molar-refractivity contribution is 5.99. The maximum absolute atomic E-state index is 13.0. The number of rotatable bonds is 5. The molecule has 30 heavy (non-hydrogen) atoms. The third-order valence-electron chi connectivity index (χ3n) is 5.72. The summed E-state index contributed by atoms with van der Waals surface area (Å²) in [5.74, 6) is 0.211. The molecule has 1 amide bonds. The Hall–Kier alpha value is -3.79. The maximum atomic E-state index is 13.0. The van der Waals surface area contributed by atoms with Gasteiger partial charge in [-0.15, -0.1) is 0 Å². The van der Waals surface area contributed by atoms with Crippen LogP contribution in [0.1, 0.15) is 33.2 Å². The Kier molecular flexibility index (Phi) is 4.60. The van der Waals surface area contributed by atoms with E-state index >= 15 is 0 Å². The van der Waals surface area contributed by atoms with E-state index in [4.69, 9.17) is 4.42 Å². The van der Waals surface area contributed by atoms with Crippen LogP contribution in [-0.4, -0.2) is 17.4 Å². The average Bonchev–Trinajstić information content (AvgIpc) is 3.36. The van der Waals surface area contributed by atoms with E-state index in [2.05, 4.69) is 34.6 Å². The summed E-state index contributed by atoms with van der Waals surface area (Å²) in [6.45, 7) is 2.40. The number of benzene rings is 3. The lowest BCUT2D eigenvalue weighted by Crippen LogP contribution is -2.29. The lowest BCUT2D eigenvalue weighted by Gasteiger charge is -2.18. The van der Waals surface area contributed by atoms with Gasteiger partial charge < -0.3 is 14.7 Å². The largest absolute Gasteiger partial charge is 0.451 e. The standard InChI is InChI=1S/C26H22N2O2/c1-17-19-11-6-8-14-24(19)30-25(17)26(29)28-15-21(18-9-3-2-4-10-18)22-16-27-23-13-7-5-12-20(22)23/h2-14,16,21,27H,15H2,1H3,(H,28,29)/t21-/m1/s1. The highest BCUT2D eigenvalue weighted by atomic mass is 16.3. The molecule has 0 bridgehead atoms. The van der Waals surface area contributed by atoms with Crippen LogP contribution in [0.2, 0.25) is 0 Å². The van der Waals surface area contributed by atoms with E-state index in [0.717, 1.165) is 27.6 Å². The van der Waals surface area contributed by atoms with Crippen LogP contribution < -0.4 is 5.32 Å². The molecule has 0 unspecified atom stereocenters. The van der Waals surface area contributed by atoms with Crippen molar-refractivity contribution < 1.29 is 9.21 Å². The van der Waals surface area contributed by atoms with Gasteiger partial charge in [0.2, 0.25) is 0 Å². The Morgan fingerprint density at radius 3 is 2.43 bits per heavy atom. The predicted octanol–water partition coefficient (Wildman–Crippen LogP) is 5.78. The van der Waals surface area contributed by atoms with Crippen molar-refractivity contribution in [3.8, 4) is 0 Å². The summed E-state index contributed by atoms with van der Waals surface area (Å²) < 4.78 is 5.84. The van der Waals surface area contributed by atoms with Crippen molar-refractivity contribution in [3.63, 3.8) is 0 Å². The molecule has 0 fully saturated rings. The van der Waals surface area contributed by atoms with Gasteiger partial charge in [0.05, 0.1) is 0 Å². The molecule has 0 saturated heterocycles. The number of para-hydroxylation sites is 2. The van der Waals surface area contributed by atoms with Gasteiger partial charge in [-0.05, 0) is 30.2 Å². The van der Waals surface area contributed by atoms with Crippen molar-refractivity contribution in [2.45, 2.75) is 12.8 Å². The van der Waals surface area contributed by atoms with Gasteiger partial charge in [0.1, 0.15) is 5.58 Å². The first-order valence-corrected chi connectivity index (χ1v) is 10.1. The van der Waals surface area contributed by atoms with E-state index in [-0.39, 0.29) is 11.8 Å². The molecule has 0 spiro atoms. The molecule has 2 heterocycles. The van der Waals surface area contributed by atoms with Crippen molar-refractivity contribution in [1.82, 2.24) is 10.3 Å². The molecule has 2 aromatic heterocycles. The first-order chi connectivity index (χ1) is 14.7. The van der Waals surface area contributed by atoms with Crippen LogP contribution >= 0.6 is 0 Å². The van der Waals surface area contributed by atoms with Crippen LogP contribution in [0.4, 0.5) is 0 Å². The Morgan fingerprint density at radius 1 is 0.933 bits per heavy atom. The molecule has 0 aliphatic carbocycles. The second kappa shape index (κ2) is 7.56. The van der Waals surface area contributed by atoms with Crippen LogP contribution in [0.3, 0.4) is 0 Å². The van der Waals surface area contributed by atoms with Gasteiger partial charge in [-0.25, -0.2) is 0 Å². The smallest absolute Gasteiger partial charge is 0.287 e. The monoisotopic (exact) mass is 394 g/mol. The number of hydrogen-bond acceptors (Lipinski definition) is 2. The number of fused-ring (bicyclic) bond motifs is 2. The van der Waals surface area contributed by atoms with E-state index in [1.165, 1.54) is 10.9 Å². The van der Waals surface area contributed by atoms with Crippen molar-refractivity contribution in [3.05, 3.63) is 108 Å². The second-order valence-corrected chi connectivity index (χ2v) is 7.52. The highest BCUT2D eigenvalue weighted by Gasteiger charge is 2.22. The summed E-state index contributed by atoms with van der Waals surface area (Å²) in [4.78, 5) is 16.3. The lowest BCUT2D eigenvalue weighted by molar-refractivity contribution is 0.0926. The molecule has 5 aromatic rings. The third-order valence-corrected chi connectivity index (χ3v) is 5.72. The summed E-state index contributed by atoms with van der Waals surface area (Å²) in [7, 11) is 0. The number of amides is 1. The van der Waals surface area contributed by atoms with Crippen LogP contribution in [0.15, 0.2) is 89.5 Å². The number of H-pyrrole nitrogens is 1. The topological polar surface area (TPSA) is 58.0 Å². The van der Waals surface area contributed by atoms with Crippen molar-refractivity contribution in [2.75, 3.05) is 6.54 Å². The maximum Gasteiger partial charge on any atom is 0.287 e. The minimum absolute atomic E-state index is 0.0241. The molecule has 148 valence electrons. The quantitative estimate of drug-likeness (QED) is 0.397. The SMILES string of the molecule is Cc1c(C(=O)NC[C@H](c2ccccc2)c2c[nH]c3ccccc23)oc2ccccc12. The number of carbonyl (C=O) groups is 1. The molecule has 0 aliphatic rings. The first-order valence-electron chi connectivity index (χ1n) is 10.1. The van der Waals surface area contributed by atoms with Gasteiger partial charge in [-0.3, -0.25) is 4.79 Å². The van der Waals surface area contributed by atoms with Gasteiger partial charge in [0, 0.05) is 40.5 Å². The number of carbonyl (C=O) groups excluding carboxylic acids is 1. The Morgan fingerprint density at radius 2 is 1.63 bits per heavy atom. The van der Waals surface area contributed by atoms with Gasteiger partial charge in [-0.1, -0.05) is 66.7 Å². The Balaban J connectivity index is 1.47. The van der Waals surface area contributed by atoms with Crippen molar-refractivity contribution in [2.24, 2.45) is 0 Å². The van der Waals surface area contributed by atoms with Crippen LogP contribution in [0.25, 0.3) is 21.9 Å². The van der Waals surface area contributed by atoms with Crippen molar-refractivity contribution >= 4 is 27.8 Å². The summed E-state index contributed by atoms with van der Waals surface area (Å²) in [5, 5.41) is 5.24. The summed E-state index contributed by atoms with van der Waals surface area (Å²) in [6.07, 6.45) is 2.04. The first kappa shape index (κ1) is 18.3. The minimum Gasteiger partial charge on any atom is -0.451 e. The number of furan rings is 1. The minimum atomic E-state index is -0.190. The van der Waals surface area contributed by atoms with Gasteiger partial charge in [0.25, 0.3) is 5.91 Å². The number of aromatic amines is 1. The highest BCUT2D eigenvalue weighted by Crippen LogP contribution is 2.31. The number of aryl methyl sites for hydroxylation is 1. The fraction of sp³-hybridized carbons (Fsp3) is 0.115. The normalized spacial score (nSPS) is 12.3. The van der Waals surface area contributed by atoms with Crippen LogP contribution in [0.5, 0.6) is 0 Å². The fourth-order valence-corrected chi connectivity index (χ4v) is 4.14. The summed E-state index contributed by atoms with van der Waals surface area (Å²) in [6, 6.07) is 26.2. The van der Waals surface area contributed by atoms with E-state index < -0.39 is 0 Å². The fourth-order valence-electron chi connectivity index (χ4n) is 4.14. The summed E-state index contributed by atoms with van der Waals surface area (Å²) in [5.41, 5.74) is 5.01. The number of hydrogen-bond donors (Lipinski definition) is 2. The Bertz CT molecular complexity index is 1330. The molecule has 2 N–H and O–H groups in total. The van der Waals surface area contributed by atoms with Crippen molar-refractivity contribution in [1.29, 1.82) is 0 Å². The van der Waals surface area contributed by atoms with E-state index in [0.29, 0.717) is 12.3 Å². The molecular formula is C26H22N2O2. The molecule has 4 heteroatoms. The molecule has 3 aromatic carbocycles. The zero-order chi connectivity index (χ0) is 20.5. The van der Waals surface area contributed by atoms with Gasteiger partial charge in [0.15, 0.2) is 5.76 Å². The summed E-state index contributed by atoms with van der Waals surface area (Å²) >= 11 is 0. The third kappa shape index (κ3) is 3.16. The molecule has 0 saturated carbocycles. The number of aromatic nitrogens is 1. The lowest BCUT2D eigenvalue weighted by atomic mass is 9.91. The molecule has 5 rings (SSSR count). The van der Waals surface area contributed by atoms with E-state index in [9.17, 15) is 4.79 Å². The Labute approximate surface area is 174 Å². The second-order valence-electron chi connectivity index (χ2n) is 7.52. The molecular weight excluding hydrogens is 372 g/mol. The molecule has 0 radical (unpaired) electrons. The average molecular weight is 394 g/mol. The van der Waals surface area contributed by atoms with Gasteiger partial charge >= 0.3 is 0 Å². The molecule has 0 aliphatic heterocycles. The number of nitrogens with one attached hydrogen (secondary N) is 2. The van der Waals surface area contributed by atoms with Crippen LogP contribution in [0, 0.1) is 6.92 Å². The predicted molar refractivity (Wildman–Crippen MR) is 120 cm³/mol. The van der Waals surface area contributed by atoms with Gasteiger partial charge in [-0.2, -0.15) is 0 Å². The molecule has 4 nitrogen and oxygen atoms in total. The zero-order valence-electron chi connectivity index (χ0n) is 16.7.